The van der Waals surface area contributed by atoms with E-state index in [0.29, 0.717) is 17.2 Å². The fraction of sp³-hybridized carbons (Fsp3) is 0.333. The number of nitro groups is 1. The quantitative estimate of drug-likeness (QED) is 0.617. The van der Waals surface area contributed by atoms with E-state index in [2.05, 4.69) is 12.2 Å². The van der Waals surface area contributed by atoms with Crippen molar-refractivity contribution in [3.05, 3.63) is 62.9 Å². The van der Waals surface area contributed by atoms with Crippen LogP contribution in [-0.2, 0) is 6.42 Å². The number of nitrogens with one attached hydrogen (secondary N) is 1. The molecule has 0 radical (unpaired) electrons. The topological polar surface area (TPSA) is 68.3 Å². The fourth-order valence-electron chi connectivity index (χ4n) is 2.08. The normalized spacial score (nSPS) is 12.3. The van der Waals surface area contributed by atoms with Gasteiger partial charge in [0.25, 0.3) is 0 Å². The van der Waals surface area contributed by atoms with Gasteiger partial charge in [0, 0.05) is 5.02 Å². The molecule has 0 aliphatic rings. The predicted octanol–water partition coefficient (Wildman–Crippen LogP) is 4.12. The molecule has 0 aliphatic heterocycles. The fourth-order valence-corrected chi connectivity index (χ4v) is 2.20. The Kier molecular flexibility index (Phi) is 5.36. The number of rotatable bonds is 7. The van der Waals surface area contributed by atoms with E-state index in [1.54, 1.807) is 6.07 Å². The Balaban J connectivity index is 2.16. The van der Waals surface area contributed by atoms with Gasteiger partial charge in [-0.25, -0.2) is 0 Å². The van der Waals surface area contributed by atoms with E-state index in [1.807, 2.05) is 24.3 Å². The van der Waals surface area contributed by atoms with E-state index in [0.717, 1.165) is 18.5 Å². The first-order valence-corrected chi connectivity index (χ1v) is 7.20. The monoisotopic (exact) mass is 308 g/mol. The summed E-state index contributed by atoms with van der Waals surface area (Å²) in [7, 11) is 0. The molecule has 0 saturated heterocycles. The minimum Gasteiger partial charge on any atom is -0.404 e. The average Bonchev–Trinajstić information content (AvgIpc) is 2.95. The minimum atomic E-state index is -0.525. The molecule has 0 spiro atoms. The summed E-state index contributed by atoms with van der Waals surface area (Å²) >= 11 is 5.88. The summed E-state index contributed by atoms with van der Waals surface area (Å²) in [6, 6.07) is 10.5. The first-order valence-electron chi connectivity index (χ1n) is 6.82. The van der Waals surface area contributed by atoms with Gasteiger partial charge in [-0.05, 0) is 43.1 Å². The van der Waals surface area contributed by atoms with Crippen LogP contribution in [0.3, 0.4) is 0 Å². The summed E-state index contributed by atoms with van der Waals surface area (Å²) in [5, 5.41) is 14.8. The molecule has 1 aromatic heterocycles. The van der Waals surface area contributed by atoms with Gasteiger partial charge in [0.1, 0.15) is 10.7 Å². The van der Waals surface area contributed by atoms with Gasteiger partial charge >= 0.3 is 5.88 Å². The third-order valence-electron chi connectivity index (χ3n) is 3.13. The second-order valence-corrected chi connectivity index (χ2v) is 5.21. The maximum Gasteiger partial charge on any atom is 0.433 e. The van der Waals surface area contributed by atoms with Gasteiger partial charge in [0.15, 0.2) is 0 Å². The van der Waals surface area contributed by atoms with Gasteiger partial charge in [0.05, 0.1) is 12.1 Å². The lowest BCUT2D eigenvalue weighted by molar-refractivity contribution is -0.402. The van der Waals surface area contributed by atoms with Crippen LogP contribution in [0.2, 0.25) is 5.02 Å². The van der Waals surface area contributed by atoms with E-state index in [9.17, 15) is 10.1 Å². The van der Waals surface area contributed by atoms with Gasteiger partial charge in [-0.1, -0.05) is 30.7 Å². The van der Waals surface area contributed by atoms with Crippen molar-refractivity contribution in [3.63, 3.8) is 0 Å². The molecule has 2 rings (SSSR count). The molecule has 0 fully saturated rings. The second kappa shape index (κ2) is 7.24. The summed E-state index contributed by atoms with van der Waals surface area (Å²) in [4.78, 5) is 10.2. The highest BCUT2D eigenvalue weighted by molar-refractivity contribution is 6.30. The zero-order chi connectivity index (χ0) is 15.2. The highest BCUT2D eigenvalue weighted by atomic mass is 35.5. The van der Waals surface area contributed by atoms with Gasteiger partial charge in [-0.15, -0.1) is 0 Å². The molecule has 5 nitrogen and oxygen atoms in total. The number of halogens is 1. The van der Waals surface area contributed by atoms with Gasteiger partial charge in [-0.2, -0.15) is 0 Å². The molecule has 112 valence electrons. The van der Waals surface area contributed by atoms with Crippen LogP contribution in [0.5, 0.6) is 0 Å². The Bertz CT molecular complexity index is 595. The lowest BCUT2D eigenvalue weighted by Gasteiger charge is -2.16. The van der Waals surface area contributed by atoms with Crippen LogP contribution in [0.1, 0.15) is 30.7 Å². The Hall–Kier alpha value is -1.85. The van der Waals surface area contributed by atoms with Crippen molar-refractivity contribution in [2.75, 3.05) is 6.54 Å². The highest BCUT2D eigenvalue weighted by Gasteiger charge is 2.19. The van der Waals surface area contributed by atoms with Crippen molar-refractivity contribution in [1.82, 2.24) is 5.32 Å². The van der Waals surface area contributed by atoms with Crippen LogP contribution >= 0.6 is 11.6 Å². The lowest BCUT2D eigenvalue weighted by Crippen LogP contribution is -2.23. The van der Waals surface area contributed by atoms with Crippen molar-refractivity contribution in [2.45, 2.75) is 25.8 Å². The van der Waals surface area contributed by atoms with Crippen LogP contribution in [0.15, 0.2) is 40.8 Å². The Labute approximate surface area is 128 Å². The molecular weight excluding hydrogens is 292 g/mol. The van der Waals surface area contributed by atoms with Crippen LogP contribution in [0.25, 0.3) is 0 Å². The van der Waals surface area contributed by atoms with Gasteiger partial charge < -0.3 is 9.73 Å². The highest BCUT2D eigenvalue weighted by Crippen LogP contribution is 2.25. The SMILES string of the molecule is CCCNC(Cc1ccc(Cl)cc1)c1ccc([N+](=O)[O-])o1. The molecule has 0 amide bonds. The molecule has 1 heterocycles. The third kappa shape index (κ3) is 4.31. The van der Waals surface area contributed by atoms with Gasteiger partial charge in [0.2, 0.25) is 0 Å². The molecule has 6 heteroatoms. The molecular formula is C15H17ClN2O3. The summed E-state index contributed by atoms with van der Waals surface area (Å²) in [6.45, 7) is 2.88. The number of furan rings is 1. The van der Waals surface area contributed by atoms with Crippen molar-refractivity contribution in [2.24, 2.45) is 0 Å². The molecule has 1 atom stereocenters. The third-order valence-corrected chi connectivity index (χ3v) is 3.38. The zero-order valence-electron chi connectivity index (χ0n) is 11.7. The van der Waals surface area contributed by atoms with Crippen LogP contribution < -0.4 is 5.32 Å². The van der Waals surface area contributed by atoms with E-state index < -0.39 is 4.92 Å². The van der Waals surface area contributed by atoms with Crippen molar-refractivity contribution >= 4 is 17.5 Å². The van der Waals surface area contributed by atoms with E-state index in [-0.39, 0.29) is 11.9 Å². The molecule has 0 aliphatic carbocycles. The molecule has 2 aromatic rings. The molecule has 1 unspecified atom stereocenters. The Morgan fingerprint density at radius 3 is 2.57 bits per heavy atom. The first-order chi connectivity index (χ1) is 10.1. The Morgan fingerprint density at radius 1 is 1.29 bits per heavy atom. The predicted molar refractivity (Wildman–Crippen MR) is 81.6 cm³/mol. The smallest absolute Gasteiger partial charge is 0.404 e. The van der Waals surface area contributed by atoms with Crippen molar-refractivity contribution in [3.8, 4) is 0 Å². The molecule has 1 N–H and O–H groups in total. The number of nitrogens with zero attached hydrogens (tertiary/aromatic N) is 1. The van der Waals surface area contributed by atoms with E-state index >= 15 is 0 Å². The van der Waals surface area contributed by atoms with Crippen LogP contribution in [0.4, 0.5) is 5.88 Å². The Morgan fingerprint density at radius 2 is 2.00 bits per heavy atom. The largest absolute Gasteiger partial charge is 0.433 e. The zero-order valence-corrected chi connectivity index (χ0v) is 12.5. The second-order valence-electron chi connectivity index (χ2n) is 4.77. The van der Waals surface area contributed by atoms with E-state index in [1.165, 1.54) is 6.07 Å². The van der Waals surface area contributed by atoms with Crippen molar-refractivity contribution in [1.29, 1.82) is 0 Å². The number of hydrogen-bond acceptors (Lipinski definition) is 4. The standard InChI is InChI=1S/C15H17ClN2O3/c1-2-9-17-13(10-11-3-5-12(16)6-4-11)14-7-8-15(21-14)18(19)20/h3-8,13,17H,2,9-10H2,1H3. The maximum atomic E-state index is 10.7. The lowest BCUT2D eigenvalue weighted by atomic mass is 10.0. The summed E-state index contributed by atoms with van der Waals surface area (Å²) < 4.78 is 5.31. The molecule has 0 bridgehead atoms. The van der Waals surface area contributed by atoms with Gasteiger partial charge in [-0.3, -0.25) is 10.1 Å². The molecule has 21 heavy (non-hydrogen) atoms. The van der Waals surface area contributed by atoms with E-state index in [4.69, 9.17) is 16.0 Å². The van der Waals surface area contributed by atoms with Crippen LogP contribution in [0, 0.1) is 10.1 Å². The maximum absolute atomic E-state index is 10.7. The van der Waals surface area contributed by atoms with Crippen molar-refractivity contribution < 1.29 is 9.34 Å². The number of benzene rings is 1. The summed E-state index contributed by atoms with van der Waals surface area (Å²) in [5.74, 6) is 0.342. The summed E-state index contributed by atoms with van der Waals surface area (Å²) in [6.07, 6.45) is 1.65. The van der Waals surface area contributed by atoms with Crippen LogP contribution in [-0.4, -0.2) is 11.5 Å². The molecule has 0 saturated carbocycles. The average molecular weight is 309 g/mol. The minimum absolute atomic E-state index is 0.0974. The number of hydrogen-bond donors (Lipinski definition) is 1. The molecule has 1 aromatic carbocycles. The first kappa shape index (κ1) is 15.5. The summed E-state index contributed by atoms with van der Waals surface area (Å²) in [5.41, 5.74) is 1.09.